The number of hydrogen-bond donors (Lipinski definition) is 1. The van der Waals surface area contributed by atoms with Gasteiger partial charge in [0, 0.05) is 7.05 Å². The molecule has 0 heterocycles. The number of benzene rings is 1. The van der Waals surface area contributed by atoms with Gasteiger partial charge in [-0.1, -0.05) is 30.3 Å². The molecule has 0 aliphatic heterocycles. The third-order valence-corrected chi connectivity index (χ3v) is 3.25. The van der Waals surface area contributed by atoms with Crippen LogP contribution < -0.4 is 0 Å². The lowest BCUT2D eigenvalue weighted by Crippen LogP contribution is -2.52. The van der Waals surface area contributed by atoms with E-state index in [2.05, 4.69) is 0 Å². The second-order valence-corrected chi connectivity index (χ2v) is 6.36. The van der Waals surface area contributed by atoms with Gasteiger partial charge < -0.3 is 14.7 Å². The number of nitrogens with zero attached hydrogens (tertiary/aromatic N) is 1. The Labute approximate surface area is 121 Å². The zero-order valence-electron chi connectivity index (χ0n) is 13.0. The van der Waals surface area contributed by atoms with Crippen LogP contribution in [0, 0.1) is 0 Å². The predicted molar refractivity (Wildman–Crippen MR) is 79.6 cm³/mol. The van der Waals surface area contributed by atoms with Crippen molar-refractivity contribution < 1.29 is 14.6 Å². The van der Waals surface area contributed by atoms with Gasteiger partial charge in [0.25, 0.3) is 0 Å². The summed E-state index contributed by atoms with van der Waals surface area (Å²) in [6.45, 7) is 7.20. The van der Waals surface area contributed by atoms with E-state index in [1.807, 2.05) is 58.0 Å². The molecule has 4 nitrogen and oxygen atoms in total. The van der Waals surface area contributed by atoms with Gasteiger partial charge in [-0.25, -0.2) is 4.79 Å². The van der Waals surface area contributed by atoms with Gasteiger partial charge in [0.1, 0.15) is 5.60 Å². The van der Waals surface area contributed by atoms with Gasteiger partial charge in [0.05, 0.1) is 12.1 Å². The fourth-order valence-corrected chi connectivity index (χ4v) is 1.87. The molecule has 0 aliphatic rings. The Morgan fingerprint density at radius 2 is 1.75 bits per heavy atom. The summed E-state index contributed by atoms with van der Waals surface area (Å²) in [5.41, 5.74) is -0.169. The minimum absolute atomic E-state index is 0.127. The Kier molecular flexibility index (Phi) is 5.17. The summed E-state index contributed by atoms with van der Waals surface area (Å²) in [5.74, 6) is 0. The molecule has 1 aromatic rings. The molecule has 1 atom stereocenters. The Balaban J connectivity index is 2.84. The van der Waals surface area contributed by atoms with E-state index in [-0.39, 0.29) is 6.61 Å². The van der Waals surface area contributed by atoms with E-state index in [4.69, 9.17) is 4.74 Å². The topological polar surface area (TPSA) is 49.8 Å². The number of likely N-dealkylation sites (N-methyl/N-ethyl adjacent to an activating group) is 1. The largest absolute Gasteiger partial charge is 0.444 e. The normalized spacial score (nSPS) is 14.5. The average Bonchev–Trinajstić information content (AvgIpc) is 2.36. The second kappa shape index (κ2) is 6.27. The molecule has 0 saturated heterocycles. The van der Waals surface area contributed by atoms with Crippen molar-refractivity contribution in [2.75, 3.05) is 13.7 Å². The molecule has 0 saturated carbocycles. The summed E-state index contributed by atoms with van der Waals surface area (Å²) >= 11 is 0. The molecule has 0 bridgehead atoms. The molecule has 0 aliphatic carbocycles. The minimum Gasteiger partial charge on any atom is -0.444 e. The van der Waals surface area contributed by atoms with Crippen molar-refractivity contribution in [3.05, 3.63) is 35.9 Å². The summed E-state index contributed by atoms with van der Waals surface area (Å²) in [4.78, 5) is 13.6. The average molecular weight is 279 g/mol. The summed E-state index contributed by atoms with van der Waals surface area (Å²) in [6.07, 6.45) is 0.144. The zero-order valence-corrected chi connectivity index (χ0v) is 13.0. The van der Waals surface area contributed by atoms with Crippen LogP contribution in [0.2, 0.25) is 0 Å². The lowest BCUT2D eigenvalue weighted by Gasteiger charge is -2.38. The Hall–Kier alpha value is -1.55. The zero-order chi connectivity index (χ0) is 15.4. The van der Waals surface area contributed by atoms with Crippen molar-refractivity contribution in [2.45, 2.75) is 45.3 Å². The molecule has 4 heteroatoms. The van der Waals surface area contributed by atoms with Gasteiger partial charge >= 0.3 is 6.09 Å². The molecule has 0 radical (unpaired) electrons. The van der Waals surface area contributed by atoms with Crippen LogP contribution in [0.4, 0.5) is 4.79 Å². The number of rotatable bonds is 4. The smallest absolute Gasteiger partial charge is 0.410 e. The van der Waals surface area contributed by atoms with Crippen LogP contribution >= 0.6 is 0 Å². The Bertz CT molecular complexity index is 439. The predicted octanol–water partition coefficient (Wildman–Crippen LogP) is 2.85. The van der Waals surface area contributed by atoms with Crippen molar-refractivity contribution in [3.8, 4) is 0 Å². The highest BCUT2D eigenvalue weighted by Gasteiger charge is 2.34. The molecule has 0 aromatic heterocycles. The molecule has 20 heavy (non-hydrogen) atoms. The summed E-state index contributed by atoms with van der Waals surface area (Å²) in [7, 11) is 1.66. The molecular weight excluding hydrogens is 254 g/mol. The lowest BCUT2D eigenvalue weighted by molar-refractivity contribution is -0.00446. The van der Waals surface area contributed by atoms with Crippen molar-refractivity contribution in [2.24, 2.45) is 0 Å². The summed E-state index contributed by atoms with van der Waals surface area (Å²) in [6, 6.07) is 9.80. The SMILES string of the molecule is CN(C(=O)OC(C)(C)C)C(C)(CO)Cc1ccccc1. The standard InChI is InChI=1S/C16H25NO3/c1-15(2,3)20-14(19)17(5)16(4,12-18)11-13-9-7-6-8-10-13/h6-10,18H,11-12H2,1-5H3. The van der Waals surface area contributed by atoms with Crippen LogP contribution in [-0.4, -0.2) is 40.9 Å². The van der Waals surface area contributed by atoms with Crippen molar-refractivity contribution in [3.63, 3.8) is 0 Å². The fraction of sp³-hybridized carbons (Fsp3) is 0.562. The summed E-state index contributed by atoms with van der Waals surface area (Å²) < 4.78 is 5.36. The molecule has 1 aromatic carbocycles. The van der Waals surface area contributed by atoms with Crippen LogP contribution in [0.5, 0.6) is 0 Å². The first-order valence-electron chi connectivity index (χ1n) is 6.79. The van der Waals surface area contributed by atoms with Crippen LogP contribution in [-0.2, 0) is 11.2 Å². The maximum Gasteiger partial charge on any atom is 0.410 e. The number of hydrogen-bond acceptors (Lipinski definition) is 3. The van der Waals surface area contributed by atoms with Crippen molar-refractivity contribution >= 4 is 6.09 Å². The van der Waals surface area contributed by atoms with Gasteiger partial charge in [-0.2, -0.15) is 0 Å². The summed E-state index contributed by atoms with van der Waals surface area (Å²) in [5, 5.41) is 9.71. The lowest BCUT2D eigenvalue weighted by atomic mass is 9.92. The number of aliphatic hydroxyl groups is 1. The van der Waals surface area contributed by atoms with Gasteiger partial charge in [-0.3, -0.25) is 0 Å². The van der Waals surface area contributed by atoms with E-state index >= 15 is 0 Å². The van der Waals surface area contributed by atoms with Gasteiger partial charge in [-0.05, 0) is 39.7 Å². The molecule has 0 fully saturated rings. The third kappa shape index (κ3) is 4.53. The highest BCUT2D eigenvalue weighted by Crippen LogP contribution is 2.22. The molecular formula is C16H25NO3. The minimum atomic E-state index is -0.691. The van der Waals surface area contributed by atoms with Crippen LogP contribution in [0.25, 0.3) is 0 Å². The number of ether oxygens (including phenoxy) is 1. The molecule has 1 N–H and O–H groups in total. The molecule has 0 spiro atoms. The van der Waals surface area contributed by atoms with Crippen molar-refractivity contribution in [1.82, 2.24) is 4.90 Å². The maximum absolute atomic E-state index is 12.1. The van der Waals surface area contributed by atoms with Crippen LogP contribution in [0.1, 0.15) is 33.3 Å². The number of carbonyl (C=O) groups excluding carboxylic acids is 1. The van der Waals surface area contributed by atoms with E-state index in [0.717, 1.165) is 5.56 Å². The van der Waals surface area contributed by atoms with E-state index in [0.29, 0.717) is 6.42 Å². The Morgan fingerprint density at radius 1 is 1.20 bits per heavy atom. The fourth-order valence-electron chi connectivity index (χ4n) is 1.87. The van der Waals surface area contributed by atoms with Crippen LogP contribution in [0.15, 0.2) is 30.3 Å². The van der Waals surface area contributed by atoms with Gasteiger partial charge in [-0.15, -0.1) is 0 Å². The molecule has 1 unspecified atom stereocenters. The quantitative estimate of drug-likeness (QED) is 0.922. The highest BCUT2D eigenvalue weighted by molar-refractivity contribution is 5.69. The first kappa shape index (κ1) is 16.5. The monoisotopic (exact) mass is 279 g/mol. The first-order chi connectivity index (χ1) is 9.18. The maximum atomic E-state index is 12.1. The second-order valence-electron chi connectivity index (χ2n) is 6.36. The number of amides is 1. The van der Waals surface area contributed by atoms with Gasteiger partial charge in [0.15, 0.2) is 0 Å². The third-order valence-electron chi connectivity index (χ3n) is 3.25. The van der Waals surface area contributed by atoms with E-state index in [9.17, 15) is 9.90 Å². The number of carbonyl (C=O) groups is 1. The van der Waals surface area contributed by atoms with E-state index < -0.39 is 17.2 Å². The first-order valence-corrected chi connectivity index (χ1v) is 6.79. The molecule has 1 amide bonds. The molecule has 112 valence electrons. The van der Waals surface area contributed by atoms with Crippen molar-refractivity contribution in [1.29, 1.82) is 0 Å². The molecule has 1 rings (SSSR count). The van der Waals surface area contributed by atoms with Crippen LogP contribution in [0.3, 0.4) is 0 Å². The van der Waals surface area contributed by atoms with E-state index in [1.165, 1.54) is 4.90 Å². The number of aliphatic hydroxyl groups excluding tert-OH is 1. The highest BCUT2D eigenvalue weighted by atomic mass is 16.6. The Morgan fingerprint density at radius 3 is 2.20 bits per heavy atom. The van der Waals surface area contributed by atoms with Gasteiger partial charge in [0.2, 0.25) is 0 Å². The van der Waals surface area contributed by atoms with E-state index in [1.54, 1.807) is 7.05 Å².